The summed E-state index contributed by atoms with van der Waals surface area (Å²) in [6, 6.07) is 7.08. The molecule has 0 aliphatic heterocycles. The highest BCUT2D eigenvalue weighted by Crippen LogP contribution is 2.13. The third kappa shape index (κ3) is 3.87. The lowest BCUT2D eigenvalue weighted by molar-refractivity contribution is 0.0985. The van der Waals surface area contributed by atoms with Gasteiger partial charge in [0, 0.05) is 12.0 Å². The number of carbonyl (C=O) groups excluding carboxylic acids is 1. The van der Waals surface area contributed by atoms with Gasteiger partial charge in [-0.3, -0.25) is 4.79 Å². The molecule has 1 aromatic rings. The van der Waals surface area contributed by atoms with E-state index in [2.05, 4.69) is 6.58 Å². The van der Waals surface area contributed by atoms with Crippen LogP contribution in [0.3, 0.4) is 0 Å². The zero-order valence-corrected chi connectivity index (χ0v) is 9.53. The first-order chi connectivity index (χ1) is 7.63. The number of carbonyl (C=O) groups is 1. The van der Waals surface area contributed by atoms with E-state index in [-0.39, 0.29) is 5.78 Å². The summed E-state index contributed by atoms with van der Waals surface area (Å²) in [5, 5.41) is 0. The fourth-order valence-corrected chi connectivity index (χ4v) is 1.22. The van der Waals surface area contributed by atoms with Crippen molar-refractivity contribution in [3.8, 4) is 5.75 Å². The zero-order chi connectivity index (χ0) is 12.0. The van der Waals surface area contributed by atoms with Gasteiger partial charge in [-0.15, -0.1) is 0 Å². The Balaban J connectivity index is 2.60. The highest BCUT2D eigenvalue weighted by Gasteiger charge is 2.04. The van der Waals surface area contributed by atoms with Crippen LogP contribution < -0.4 is 10.5 Å². The third-order valence-electron chi connectivity index (χ3n) is 2.03. The predicted octanol–water partition coefficient (Wildman–Crippen LogP) is 2.17. The monoisotopic (exact) mass is 219 g/mol. The van der Waals surface area contributed by atoms with Crippen LogP contribution in [0.25, 0.3) is 0 Å². The summed E-state index contributed by atoms with van der Waals surface area (Å²) in [6.07, 6.45) is 0.381. The quantitative estimate of drug-likeness (QED) is 0.589. The molecule has 2 N–H and O–H groups in total. The standard InChI is InChI=1S/C13H17NO2/c1-10(2)9-16-12-5-3-11(4-6-12)13(15)7-8-14/h3-6H,1,7-9,14H2,2H3. The normalized spacial score (nSPS) is 9.88. The smallest absolute Gasteiger partial charge is 0.164 e. The van der Waals surface area contributed by atoms with Crippen LogP contribution in [0.1, 0.15) is 23.7 Å². The molecule has 16 heavy (non-hydrogen) atoms. The fourth-order valence-electron chi connectivity index (χ4n) is 1.22. The molecule has 0 unspecified atom stereocenters. The second-order valence-corrected chi connectivity index (χ2v) is 3.73. The van der Waals surface area contributed by atoms with E-state index in [4.69, 9.17) is 10.5 Å². The van der Waals surface area contributed by atoms with Crippen molar-refractivity contribution >= 4 is 5.78 Å². The van der Waals surface area contributed by atoms with Gasteiger partial charge in [0.05, 0.1) is 0 Å². The number of ether oxygens (including phenoxy) is 1. The number of hydrogen-bond donors (Lipinski definition) is 1. The van der Waals surface area contributed by atoms with Crippen molar-refractivity contribution in [2.45, 2.75) is 13.3 Å². The molecule has 0 radical (unpaired) electrons. The molecule has 0 amide bonds. The summed E-state index contributed by atoms with van der Waals surface area (Å²) in [7, 11) is 0. The molecule has 0 heterocycles. The summed E-state index contributed by atoms with van der Waals surface area (Å²) in [5.41, 5.74) is 6.96. The van der Waals surface area contributed by atoms with Crippen LogP contribution >= 0.6 is 0 Å². The Morgan fingerprint density at radius 3 is 2.50 bits per heavy atom. The van der Waals surface area contributed by atoms with Crippen molar-refractivity contribution in [1.29, 1.82) is 0 Å². The van der Waals surface area contributed by atoms with E-state index in [1.165, 1.54) is 0 Å². The lowest BCUT2D eigenvalue weighted by atomic mass is 10.1. The molecule has 0 aliphatic carbocycles. The second kappa shape index (κ2) is 6.08. The Hall–Kier alpha value is -1.61. The number of nitrogens with two attached hydrogens (primary N) is 1. The summed E-state index contributed by atoms with van der Waals surface area (Å²) in [4.78, 5) is 11.5. The Bertz CT molecular complexity index is 368. The SMILES string of the molecule is C=C(C)COc1ccc(C(=O)CCN)cc1. The number of hydrogen-bond acceptors (Lipinski definition) is 3. The van der Waals surface area contributed by atoms with Gasteiger partial charge in [-0.2, -0.15) is 0 Å². The van der Waals surface area contributed by atoms with Gasteiger partial charge in [-0.25, -0.2) is 0 Å². The maximum Gasteiger partial charge on any atom is 0.164 e. The van der Waals surface area contributed by atoms with Gasteiger partial charge in [-0.1, -0.05) is 6.58 Å². The van der Waals surface area contributed by atoms with E-state index < -0.39 is 0 Å². The van der Waals surface area contributed by atoms with Gasteiger partial charge in [0.25, 0.3) is 0 Å². The zero-order valence-electron chi connectivity index (χ0n) is 9.53. The van der Waals surface area contributed by atoms with Crippen molar-refractivity contribution in [3.05, 3.63) is 42.0 Å². The summed E-state index contributed by atoms with van der Waals surface area (Å²) >= 11 is 0. The van der Waals surface area contributed by atoms with E-state index in [9.17, 15) is 4.79 Å². The molecule has 0 fully saturated rings. The first-order valence-electron chi connectivity index (χ1n) is 5.24. The minimum atomic E-state index is 0.0638. The lowest BCUT2D eigenvalue weighted by Crippen LogP contribution is -2.08. The lowest BCUT2D eigenvalue weighted by Gasteiger charge is -2.06. The van der Waals surface area contributed by atoms with E-state index >= 15 is 0 Å². The van der Waals surface area contributed by atoms with Crippen molar-refractivity contribution in [2.24, 2.45) is 5.73 Å². The number of rotatable bonds is 6. The first-order valence-corrected chi connectivity index (χ1v) is 5.24. The van der Waals surface area contributed by atoms with Crippen LogP contribution in [-0.4, -0.2) is 18.9 Å². The maximum absolute atomic E-state index is 11.5. The fraction of sp³-hybridized carbons (Fsp3) is 0.308. The molecule has 0 saturated heterocycles. The predicted molar refractivity (Wildman–Crippen MR) is 64.8 cm³/mol. The summed E-state index contributed by atoms with van der Waals surface area (Å²) in [6.45, 7) is 6.53. The maximum atomic E-state index is 11.5. The third-order valence-corrected chi connectivity index (χ3v) is 2.03. The topological polar surface area (TPSA) is 52.3 Å². The van der Waals surface area contributed by atoms with Gasteiger partial charge in [-0.05, 0) is 43.3 Å². The average Bonchev–Trinajstić information content (AvgIpc) is 2.27. The highest BCUT2D eigenvalue weighted by atomic mass is 16.5. The van der Waals surface area contributed by atoms with Crippen LogP contribution in [-0.2, 0) is 0 Å². The number of benzene rings is 1. The van der Waals surface area contributed by atoms with Crippen molar-refractivity contribution < 1.29 is 9.53 Å². The molecule has 3 nitrogen and oxygen atoms in total. The molecule has 0 atom stereocenters. The molecule has 0 bridgehead atoms. The molecule has 0 aromatic heterocycles. The Morgan fingerprint density at radius 1 is 1.38 bits per heavy atom. The van der Waals surface area contributed by atoms with Gasteiger partial charge < -0.3 is 10.5 Å². The Morgan fingerprint density at radius 2 is 2.00 bits per heavy atom. The van der Waals surface area contributed by atoms with Crippen molar-refractivity contribution in [1.82, 2.24) is 0 Å². The van der Waals surface area contributed by atoms with Gasteiger partial charge >= 0.3 is 0 Å². The van der Waals surface area contributed by atoms with Crippen LogP contribution in [0.2, 0.25) is 0 Å². The molecule has 1 aromatic carbocycles. The molecule has 3 heteroatoms. The van der Waals surface area contributed by atoms with Crippen LogP contribution in [0, 0.1) is 0 Å². The van der Waals surface area contributed by atoms with Crippen LogP contribution in [0.5, 0.6) is 5.75 Å². The van der Waals surface area contributed by atoms with E-state index in [0.717, 1.165) is 11.3 Å². The molecule has 0 aliphatic rings. The second-order valence-electron chi connectivity index (χ2n) is 3.73. The average molecular weight is 219 g/mol. The minimum absolute atomic E-state index is 0.0638. The Kier molecular flexibility index (Phi) is 4.73. The molecule has 1 rings (SSSR count). The number of ketones is 1. The van der Waals surface area contributed by atoms with Crippen molar-refractivity contribution in [2.75, 3.05) is 13.2 Å². The first kappa shape index (κ1) is 12.5. The summed E-state index contributed by atoms with van der Waals surface area (Å²) in [5.74, 6) is 0.807. The Labute approximate surface area is 95.9 Å². The van der Waals surface area contributed by atoms with Crippen LogP contribution in [0.4, 0.5) is 0 Å². The molecule has 0 saturated carbocycles. The molecular weight excluding hydrogens is 202 g/mol. The number of Topliss-reactive ketones (excluding diaryl/α,β-unsaturated/α-hetero) is 1. The van der Waals surface area contributed by atoms with E-state index in [1.54, 1.807) is 24.3 Å². The molecule has 86 valence electrons. The minimum Gasteiger partial charge on any atom is -0.489 e. The van der Waals surface area contributed by atoms with Crippen LogP contribution in [0.15, 0.2) is 36.4 Å². The van der Waals surface area contributed by atoms with E-state index in [0.29, 0.717) is 25.1 Å². The van der Waals surface area contributed by atoms with Gasteiger partial charge in [0.1, 0.15) is 12.4 Å². The van der Waals surface area contributed by atoms with Gasteiger partial charge in [0.2, 0.25) is 0 Å². The van der Waals surface area contributed by atoms with E-state index in [1.807, 2.05) is 6.92 Å². The van der Waals surface area contributed by atoms with Crippen molar-refractivity contribution in [3.63, 3.8) is 0 Å². The summed E-state index contributed by atoms with van der Waals surface area (Å²) < 4.78 is 5.43. The molecular formula is C13H17NO2. The van der Waals surface area contributed by atoms with Gasteiger partial charge in [0.15, 0.2) is 5.78 Å². The largest absolute Gasteiger partial charge is 0.489 e. The highest BCUT2D eigenvalue weighted by molar-refractivity contribution is 5.96. The molecule has 0 spiro atoms.